The number of methoxy groups -OCH3 is 1. The predicted octanol–water partition coefficient (Wildman–Crippen LogP) is 3.12. The molecule has 0 radical (unpaired) electrons. The number of amides is 1. The van der Waals surface area contributed by atoms with Gasteiger partial charge < -0.3 is 24.1 Å². The summed E-state index contributed by atoms with van der Waals surface area (Å²) < 4.78 is 11.6. The SMILES string of the molecule is COC(=O)C1CCCN1c1ncccc1CNC(=O)c1cc(SN2CCn3cccc3C2)c(C)n1C. The molecule has 190 valence electrons. The number of hydrogen-bond donors (Lipinski definition) is 1. The zero-order chi connectivity index (χ0) is 25.2. The van der Waals surface area contributed by atoms with Crippen molar-refractivity contribution in [2.24, 2.45) is 7.05 Å². The van der Waals surface area contributed by atoms with Crippen LogP contribution in [0, 0.1) is 6.92 Å². The molecule has 0 saturated carbocycles. The second kappa shape index (κ2) is 10.4. The van der Waals surface area contributed by atoms with Gasteiger partial charge in [-0.1, -0.05) is 6.07 Å². The maximum Gasteiger partial charge on any atom is 0.328 e. The molecule has 0 aromatic carbocycles. The van der Waals surface area contributed by atoms with E-state index in [4.69, 9.17) is 4.74 Å². The minimum atomic E-state index is -0.341. The first-order valence-electron chi connectivity index (χ1n) is 12.3. The van der Waals surface area contributed by atoms with Crippen molar-refractivity contribution in [2.45, 2.75) is 50.3 Å². The molecule has 10 heteroatoms. The van der Waals surface area contributed by atoms with Gasteiger partial charge in [0.2, 0.25) is 0 Å². The summed E-state index contributed by atoms with van der Waals surface area (Å²) in [5.41, 5.74) is 3.86. The van der Waals surface area contributed by atoms with E-state index in [1.807, 2.05) is 41.6 Å². The number of carbonyl (C=O) groups is 2. The molecule has 1 saturated heterocycles. The molecule has 1 N–H and O–H groups in total. The van der Waals surface area contributed by atoms with Crippen molar-refractivity contribution in [3.05, 3.63) is 65.4 Å². The summed E-state index contributed by atoms with van der Waals surface area (Å²) in [6, 6.07) is 9.68. The maximum atomic E-state index is 13.2. The number of rotatable bonds is 7. The molecule has 0 bridgehead atoms. The van der Waals surface area contributed by atoms with E-state index >= 15 is 0 Å². The normalized spacial score (nSPS) is 17.8. The summed E-state index contributed by atoms with van der Waals surface area (Å²) in [7, 11) is 3.34. The Morgan fingerprint density at radius 3 is 2.92 bits per heavy atom. The minimum Gasteiger partial charge on any atom is -0.467 e. The molecule has 36 heavy (non-hydrogen) atoms. The first kappa shape index (κ1) is 24.5. The standard InChI is InChI=1S/C26H32N6O3S/c1-18-23(36-31-14-13-30-11-5-8-20(30)17-31)15-22(29(18)2)25(33)28-16-19-7-4-10-27-24(19)32-12-6-9-21(32)26(34)35-3/h4-5,7-8,10-11,15,21H,6,9,12-14,16-17H2,1-3H3,(H,28,33). The van der Waals surface area contributed by atoms with Crippen molar-refractivity contribution in [1.82, 2.24) is 23.7 Å². The van der Waals surface area contributed by atoms with Crippen molar-refractivity contribution < 1.29 is 14.3 Å². The second-order valence-electron chi connectivity index (χ2n) is 9.23. The highest BCUT2D eigenvalue weighted by molar-refractivity contribution is 7.97. The second-order valence-corrected chi connectivity index (χ2v) is 10.4. The van der Waals surface area contributed by atoms with Crippen molar-refractivity contribution in [3.8, 4) is 0 Å². The van der Waals surface area contributed by atoms with E-state index in [9.17, 15) is 9.59 Å². The number of pyridine rings is 1. The largest absolute Gasteiger partial charge is 0.467 e. The van der Waals surface area contributed by atoms with Crippen LogP contribution >= 0.6 is 11.9 Å². The van der Waals surface area contributed by atoms with Crippen LogP contribution in [-0.4, -0.2) is 56.5 Å². The number of aromatic nitrogens is 3. The van der Waals surface area contributed by atoms with E-state index in [0.717, 1.165) is 61.0 Å². The molecular formula is C26H32N6O3S. The monoisotopic (exact) mass is 508 g/mol. The van der Waals surface area contributed by atoms with E-state index in [1.54, 1.807) is 18.1 Å². The summed E-state index contributed by atoms with van der Waals surface area (Å²) in [5, 5.41) is 3.06. The molecule has 0 aliphatic carbocycles. The van der Waals surface area contributed by atoms with Crippen LogP contribution in [0.1, 0.15) is 40.3 Å². The van der Waals surface area contributed by atoms with Gasteiger partial charge in [0, 0.05) is 74.0 Å². The molecule has 2 aliphatic rings. The molecule has 5 rings (SSSR count). The number of esters is 1. The quantitative estimate of drug-likeness (QED) is 0.388. The molecule has 9 nitrogen and oxygen atoms in total. The Kier molecular flexibility index (Phi) is 7.06. The van der Waals surface area contributed by atoms with Crippen molar-refractivity contribution in [1.29, 1.82) is 0 Å². The number of nitrogens with zero attached hydrogens (tertiary/aromatic N) is 5. The Balaban J connectivity index is 1.27. The van der Waals surface area contributed by atoms with E-state index in [1.165, 1.54) is 12.8 Å². The van der Waals surface area contributed by atoms with Gasteiger partial charge in [0.25, 0.3) is 5.91 Å². The van der Waals surface area contributed by atoms with Crippen molar-refractivity contribution in [2.75, 3.05) is 25.1 Å². The molecule has 1 amide bonds. The van der Waals surface area contributed by atoms with Gasteiger partial charge in [0.1, 0.15) is 17.6 Å². The highest BCUT2D eigenvalue weighted by atomic mass is 32.2. The van der Waals surface area contributed by atoms with Gasteiger partial charge in [-0.15, -0.1) is 0 Å². The topological polar surface area (TPSA) is 84.6 Å². The fraction of sp³-hybridized carbons (Fsp3) is 0.423. The number of carbonyl (C=O) groups excluding carboxylic acids is 2. The highest BCUT2D eigenvalue weighted by Gasteiger charge is 2.33. The Labute approximate surface area is 215 Å². The zero-order valence-electron chi connectivity index (χ0n) is 20.9. The van der Waals surface area contributed by atoms with E-state index in [2.05, 4.69) is 37.5 Å². The van der Waals surface area contributed by atoms with Gasteiger partial charge in [-0.3, -0.25) is 4.79 Å². The highest BCUT2D eigenvalue weighted by Crippen LogP contribution is 2.32. The Morgan fingerprint density at radius 1 is 1.22 bits per heavy atom. The number of hydrogen-bond acceptors (Lipinski definition) is 7. The van der Waals surface area contributed by atoms with Crippen LogP contribution in [0.25, 0.3) is 0 Å². The summed E-state index contributed by atoms with van der Waals surface area (Å²) in [4.78, 5) is 33.1. The van der Waals surface area contributed by atoms with E-state index < -0.39 is 0 Å². The van der Waals surface area contributed by atoms with E-state index in [0.29, 0.717) is 12.2 Å². The van der Waals surface area contributed by atoms with Crippen LogP contribution in [0.4, 0.5) is 5.82 Å². The van der Waals surface area contributed by atoms with Crippen LogP contribution in [0.5, 0.6) is 0 Å². The number of ether oxygens (including phenoxy) is 1. The van der Waals surface area contributed by atoms with E-state index in [-0.39, 0.29) is 17.9 Å². The molecule has 3 aromatic heterocycles. The Morgan fingerprint density at radius 2 is 2.08 bits per heavy atom. The lowest BCUT2D eigenvalue weighted by molar-refractivity contribution is -0.141. The third-order valence-electron chi connectivity index (χ3n) is 7.11. The Hall–Kier alpha value is -3.24. The number of fused-ring (bicyclic) bond motifs is 1. The summed E-state index contributed by atoms with van der Waals surface area (Å²) in [5.74, 6) is 0.333. The summed E-state index contributed by atoms with van der Waals surface area (Å²) in [6.45, 7) is 5.90. The third kappa shape index (κ3) is 4.75. The predicted molar refractivity (Wildman–Crippen MR) is 139 cm³/mol. The molecule has 1 fully saturated rings. The van der Waals surface area contributed by atoms with Crippen molar-refractivity contribution in [3.63, 3.8) is 0 Å². The van der Waals surface area contributed by atoms with Crippen LogP contribution in [0.2, 0.25) is 0 Å². The Bertz CT molecular complexity index is 1270. The molecule has 0 spiro atoms. The molecule has 5 heterocycles. The fourth-order valence-corrected chi connectivity index (χ4v) is 6.06. The van der Waals surface area contributed by atoms with Crippen LogP contribution in [0.3, 0.4) is 0 Å². The molecule has 1 unspecified atom stereocenters. The maximum absolute atomic E-state index is 13.2. The first-order valence-corrected chi connectivity index (χ1v) is 13.0. The lowest BCUT2D eigenvalue weighted by Crippen LogP contribution is -2.38. The molecular weight excluding hydrogens is 476 g/mol. The first-order chi connectivity index (χ1) is 17.5. The van der Waals surface area contributed by atoms with Crippen LogP contribution < -0.4 is 10.2 Å². The molecule has 1 atom stereocenters. The summed E-state index contributed by atoms with van der Waals surface area (Å²) >= 11 is 1.71. The summed E-state index contributed by atoms with van der Waals surface area (Å²) in [6.07, 6.45) is 5.48. The van der Waals surface area contributed by atoms with Crippen LogP contribution in [-0.2, 0) is 36.2 Å². The van der Waals surface area contributed by atoms with Gasteiger partial charge in [-0.25, -0.2) is 14.1 Å². The van der Waals surface area contributed by atoms with Gasteiger partial charge in [0.05, 0.1) is 7.11 Å². The van der Waals surface area contributed by atoms with Gasteiger partial charge in [-0.05, 0) is 56.0 Å². The number of nitrogens with one attached hydrogen (secondary N) is 1. The number of anilines is 1. The lowest BCUT2D eigenvalue weighted by Gasteiger charge is -2.27. The zero-order valence-corrected chi connectivity index (χ0v) is 21.8. The van der Waals surface area contributed by atoms with Crippen LogP contribution in [0.15, 0.2) is 47.6 Å². The van der Waals surface area contributed by atoms with Gasteiger partial charge in [0.15, 0.2) is 0 Å². The lowest BCUT2D eigenvalue weighted by atomic mass is 10.2. The molecule has 2 aliphatic heterocycles. The average Bonchev–Trinajstić information content (AvgIpc) is 3.63. The average molecular weight is 509 g/mol. The minimum absolute atomic E-state index is 0.138. The third-order valence-corrected chi connectivity index (χ3v) is 8.29. The van der Waals surface area contributed by atoms with Gasteiger partial charge >= 0.3 is 5.97 Å². The smallest absolute Gasteiger partial charge is 0.328 e. The molecule has 3 aromatic rings. The van der Waals surface area contributed by atoms with Crippen molar-refractivity contribution >= 4 is 29.6 Å². The fourth-order valence-electron chi connectivity index (χ4n) is 4.98. The van der Waals surface area contributed by atoms with Gasteiger partial charge in [-0.2, -0.15) is 0 Å².